The molecule has 474 valence electrons. The summed E-state index contributed by atoms with van der Waals surface area (Å²) in [5, 5.41) is 14.6. The molecule has 4 aromatic heterocycles. The van der Waals surface area contributed by atoms with Crippen LogP contribution >= 0.6 is 11.6 Å². The third kappa shape index (κ3) is 19.7. The number of anilines is 8. The summed E-state index contributed by atoms with van der Waals surface area (Å²) in [6.45, 7) is 34.1. The van der Waals surface area contributed by atoms with E-state index in [1.54, 1.807) is 29.3 Å². The fraction of sp³-hybridized carbons (Fsp3) is 0.588. The Morgan fingerprint density at radius 2 is 0.943 bits per heavy atom. The number of ether oxygens (including phenoxy) is 5. The average molecular weight is 1220 g/mol. The second-order valence-corrected chi connectivity index (χ2v) is 26.5. The predicted molar refractivity (Wildman–Crippen MR) is 351 cm³/mol. The third-order valence-corrected chi connectivity index (χ3v) is 17.8. The maximum atomic E-state index is 7.32. The van der Waals surface area contributed by atoms with Crippen LogP contribution in [0.4, 0.5) is 46.3 Å². The zero-order valence-corrected chi connectivity index (χ0v) is 54.4. The van der Waals surface area contributed by atoms with Crippen LogP contribution in [0.3, 0.4) is 0 Å². The molecule has 5 aliphatic rings. The van der Waals surface area contributed by atoms with E-state index in [0.717, 1.165) is 73.3 Å². The van der Waals surface area contributed by atoms with Gasteiger partial charge < -0.3 is 49.4 Å². The molecule has 2 aromatic carbocycles. The van der Waals surface area contributed by atoms with Gasteiger partial charge in [0.25, 0.3) is 0 Å². The molecule has 0 amide bonds. The second kappa shape index (κ2) is 31.4. The number of morpholine rings is 2. The van der Waals surface area contributed by atoms with Crippen LogP contribution in [0.25, 0.3) is 4.85 Å². The molecule has 0 radical (unpaired) electrons. The van der Waals surface area contributed by atoms with Gasteiger partial charge in [-0.15, -0.1) is 0 Å². The molecule has 0 spiro atoms. The zero-order chi connectivity index (χ0) is 62.2. The van der Waals surface area contributed by atoms with Crippen LogP contribution in [0.5, 0.6) is 17.6 Å². The first-order valence-electron chi connectivity index (χ1n) is 32.2. The number of nitrogens with one attached hydrogen (secondary N) is 3. The van der Waals surface area contributed by atoms with Gasteiger partial charge >= 0.3 is 5.66 Å². The Morgan fingerprint density at radius 3 is 1.36 bits per heavy atom. The van der Waals surface area contributed by atoms with Crippen molar-refractivity contribution in [1.29, 1.82) is 0 Å². The molecule has 6 aromatic rings. The standard InChI is InChI=1S/C24H33ClN4O2.C24H34N4O2.C20H28N6O/c1-16-4-6-19(7-5-16)15-30-23-22(25)12-26-24(28-23)27-20-8-10-21(11-9-20)29-13-17(2)31-18(3)14-29;1-17-4-6-20(7-5-17)16-29-23-12-13-25-24(27-23)26-21-8-10-22(11-9-21)28-14-18(2)30-19(3)15-28;1-14-6-8-16(9-7-14)13-27-18-10-11-22-19(24-18)23-17-12-26(25-15(17)2)20(3,4)21-5/h8-12,16-19H,4-7,13-15H2,1-3H3,(H,26,27,28);8-13,17-20H,4-7,14-16H2,1-3H3,(H,25,26,27);10-12,14,16H,6-9,13H2,1-4H3,(H,22,23,24)/t16?,17-,18+,19?;17?,18-,19+,20?;. The van der Waals surface area contributed by atoms with E-state index in [4.69, 9.17) is 41.9 Å². The molecule has 20 heteroatoms. The van der Waals surface area contributed by atoms with Gasteiger partial charge in [0, 0.05) is 87.3 Å². The Labute approximate surface area is 527 Å². The second-order valence-electron chi connectivity index (χ2n) is 26.1. The van der Waals surface area contributed by atoms with Crippen molar-refractivity contribution in [2.45, 2.75) is 176 Å². The molecule has 3 saturated carbocycles. The molecule has 2 saturated heterocycles. The first-order valence-corrected chi connectivity index (χ1v) is 32.6. The Hall–Kier alpha value is -7.01. The van der Waals surface area contributed by atoms with E-state index >= 15 is 0 Å². The number of aromatic nitrogens is 8. The molecular weight excluding hydrogens is 1130 g/mol. The third-order valence-electron chi connectivity index (χ3n) is 17.6. The molecule has 0 bridgehead atoms. The van der Waals surface area contributed by atoms with Crippen molar-refractivity contribution in [3.8, 4) is 17.6 Å². The van der Waals surface area contributed by atoms with Crippen LogP contribution in [0, 0.1) is 49.0 Å². The molecule has 4 atom stereocenters. The lowest BCUT2D eigenvalue weighted by Crippen LogP contribution is -2.45. The Balaban J connectivity index is 0.000000158. The van der Waals surface area contributed by atoms with Crippen molar-refractivity contribution in [1.82, 2.24) is 39.7 Å². The molecule has 6 heterocycles. The fourth-order valence-corrected chi connectivity index (χ4v) is 12.3. The number of aryl methyl sites for hydroxylation is 1. The minimum Gasteiger partial charge on any atom is -0.477 e. The summed E-state index contributed by atoms with van der Waals surface area (Å²) < 4.78 is 31.2. The van der Waals surface area contributed by atoms with Gasteiger partial charge in [-0.1, -0.05) is 70.9 Å². The van der Waals surface area contributed by atoms with Crippen molar-refractivity contribution >= 4 is 57.9 Å². The lowest BCUT2D eigenvalue weighted by Gasteiger charge is -2.36. The first-order chi connectivity index (χ1) is 42.4. The van der Waals surface area contributed by atoms with Gasteiger partial charge in [0.15, 0.2) is 0 Å². The zero-order valence-electron chi connectivity index (χ0n) is 53.6. The summed E-state index contributed by atoms with van der Waals surface area (Å²) >= 11 is 6.28. The maximum Gasteiger partial charge on any atom is 0.319 e. The molecular formula is C68H95ClN14O5. The Bertz CT molecular complexity index is 3120. The van der Waals surface area contributed by atoms with Crippen LogP contribution < -0.4 is 40.0 Å². The van der Waals surface area contributed by atoms with Crippen LogP contribution in [0.1, 0.15) is 145 Å². The van der Waals surface area contributed by atoms with Gasteiger partial charge in [-0.05, 0) is 157 Å². The van der Waals surface area contributed by atoms with Crippen LogP contribution in [-0.2, 0) is 15.1 Å². The van der Waals surface area contributed by atoms with Crippen LogP contribution in [0.2, 0.25) is 5.02 Å². The normalized spacial score (nSPS) is 24.7. The monoisotopic (exact) mass is 1220 g/mol. The fourth-order valence-electron chi connectivity index (χ4n) is 12.2. The summed E-state index contributed by atoms with van der Waals surface area (Å²) in [5.41, 5.74) is 5.13. The summed E-state index contributed by atoms with van der Waals surface area (Å²) in [6, 6.07) is 20.4. The van der Waals surface area contributed by atoms with Gasteiger partial charge in [-0.3, -0.25) is 4.85 Å². The van der Waals surface area contributed by atoms with E-state index in [0.29, 0.717) is 71.5 Å². The van der Waals surface area contributed by atoms with E-state index in [9.17, 15) is 0 Å². The van der Waals surface area contributed by atoms with E-state index < -0.39 is 5.66 Å². The van der Waals surface area contributed by atoms with Gasteiger partial charge in [0.2, 0.25) is 35.5 Å². The number of halogens is 1. The summed E-state index contributed by atoms with van der Waals surface area (Å²) in [7, 11) is 0. The summed E-state index contributed by atoms with van der Waals surface area (Å²) in [6.07, 6.45) is 22.9. The Kier molecular flexibility index (Phi) is 23.4. The van der Waals surface area contributed by atoms with Gasteiger partial charge in [-0.25, -0.2) is 21.5 Å². The van der Waals surface area contributed by atoms with Crippen molar-refractivity contribution in [3.63, 3.8) is 0 Å². The maximum absolute atomic E-state index is 7.32. The highest BCUT2D eigenvalue weighted by Gasteiger charge is 2.29. The lowest BCUT2D eigenvalue weighted by molar-refractivity contribution is -0.00548. The number of rotatable bonds is 18. The molecule has 5 fully saturated rings. The molecule has 2 aliphatic heterocycles. The van der Waals surface area contributed by atoms with E-state index in [-0.39, 0.29) is 24.4 Å². The smallest absolute Gasteiger partial charge is 0.319 e. The Morgan fingerprint density at radius 1 is 0.545 bits per heavy atom. The minimum absolute atomic E-state index is 0.236. The number of nitrogens with zero attached hydrogens (tertiary/aromatic N) is 11. The minimum atomic E-state index is -0.728. The van der Waals surface area contributed by atoms with E-state index in [1.165, 1.54) is 88.4 Å². The van der Waals surface area contributed by atoms with Crippen molar-refractivity contribution in [3.05, 3.63) is 108 Å². The molecule has 0 unspecified atom stereocenters. The van der Waals surface area contributed by atoms with E-state index in [1.807, 2.05) is 45.2 Å². The highest BCUT2D eigenvalue weighted by molar-refractivity contribution is 6.31. The summed E-state index contributed by atoms with van der Waals surface area (Å²) in [4.78, 5) is 34.8. The molecule has 3 N–H and O–H groups in total. The first kappa shape index (κ1) is 65.4. The number of hydrogen-bond acceptors (Lipinski definition) is 17. The molecule has 11 rings (SSSR count). The lowest BCUT2D eigenvalue weighted by atomic mass is 9.83. The predicted octanol–water partition coefficient (Wildman–Crippen LogP) is 15.3. The van der Waals surface area contributed by atoms with Gasteiger partial charge in [0.05, 0.1) is 68.0 Å². The van der Waals surface area contributed by atoms with E-state index in [2.05, 4.69) is 150 Å². The van der Waals surface area contributed by atoms with Crippen LogP contribution in [-0.4, -0.2) is 110 Å². The average Bonchev–Trinajstić information content (AvgIpc) is 2.96. The van der Waals surface area contributed by atoms with Gasteiger partial charge in [0.1, 0.15) is 5.02 Å². The molecule has 19 nitrogen and oxygen atoms in total. The van der Waals surface area contributed by atoms with Crippen molar-refractivity contribution in [2.24, 2.45) is 35.5 Å². The molecule has 3 aliphatic carbocycles. The SMILES string of the molecule is CC1CCC(COc2ccnc(Nc3ccc(N4C[C@@H](C)O[C@@H](C)C4)cc3)n2)CC1.CC1CCC(COc2nc(Nc3ccc(N4C[C@@H](C)O[C@@H](C)C4)cc3)ncc2Cl)CC1.[C-]#[N+]C(C)(C)n1cc(Nc2nccc(OCC3CCC(C)CC3)n2)c(C)n1. The van der Waals surface area contributed by atoms with Gasteiger partial charge in [-0.2, -0.15) is 24.7 Å². The quantitative estimate of drug-likeness (QED) is 0.0689. The highest BCUT2D eigenvalue weighted by atomic mass is 35.5. The number of hydrogen-bond donors (Lipinski definition) is 3. The highest BCUT2D eigenvalue weighted by Crippen LogP contribution is 2.34. The largest absolute Gasteiger partial charge is 0.477 e. The van der Waals surface area contributed by atoms with Crippen molar-refractivity contribution < 1.29 is 23.7 Å². The topological polar surface area (TPSA) is 188 Å². The van der Waals surface area contributed by atoms with Crippen LogP contribution in [0.15, 0.2) is 85.5 Å². The van der Waals surface area contributed by atoms with Crippen molar-refractivity contribution in [2.75, 3.05) is 71.7 Å². The summed E-state index contributed by atoms with van der Waals surface area (Å²) in [5.74, 6) is 7.55. The molecule has 88 heavy (non-hydrogen) atoms. The number of benzene rings is 2.